The summed E-state index contributed by atoms with van der Waals surface area (Å²) in [7, 11) is 0. The van der Waals surface area contributed by atoms with Gasteiger partial charge in [0.2, 0.25) is 0 Å². The molecule has 0 aliphatic rings. The summed E-state index contributed by atoms with van der Waals surface area (Å²) in [5.74, 6) is 0.191. The Labute approximate surface area is 96.9 Å². The smallest absolute Gasteiger partial charge is 0.318 e. The van der Waals surface area contributed by atoms with Crippen molar-refractivity contribution in [2.24, 2.45) is 5.92 Å². The zero-order valence-corrected chi connectivity index (χ0v) is 10.1. The molecule has 0 aliphatic carbocycles. The Kier molecular flexibility index (Phi) is 4.29. The molecule has 0 N–H and O–H groups in total. The van der Waals surface area contributed by atoms with Gasteiger partial charge in [0.1, 0.15) is 5.75 Å². The maximum Gasteiger partial charge on any atom is 0.318 e. The van der Waals surface area contributed by atoms with Crippen LogP contribution in [-0.2, 0) is 4.79 Å². The van der Waals surface area contributed by atoms with Crippen molar-refractivity contribution in [1.82, 2.24) is 0 Å². The molecular weight excluding hydrogens is 200 g/mol. The second-order valence-corrected chi connectivity index (χ2v) is 3.87. The van der Waals surface area contributed by atoms with Crippen LogP contribution in [0.4, 0.5) is 0 Å². The highest BCUT2D eigenvalue weighted by molar-refractivity contribution is 5.77. The number of rotatable bonds is 4. The predicted molar refractivity (Wildman–Crippen MR) is 65.5 cm³/mol. The summed E-state index contributed by atoms with van der Waals surface area (Å²) < 4.78 is 5.36. The molecule has 2 nitrogen and oxygen atoms in total. The molecule has 0 saturated heterocycles. The number of hydrogen-bond donors (Lipinski definition) is 0. The number of benzene rings is 1. The molecular formula is C14H18O2. The number of ether oxygens (including phenoxy) is 1. The van der Waals surface area contributed by atoms with Crippen LogP contribution in [0.25, 0.3) is 0 Å². The summed E-state index contributed by atoms with van der Waals surface area (Å²) >= 11 is 0. The lowest BCUT2D eigenvalue weighted by Crippen LogP contribution is -2.18. The lowest BCUT2D eigenvalue weighted by Gasteiger charge is -2.12. The van der Waals surface area contributed by atoms with Crippen LogP contribution >= 0.6 is 0 Å². The van der Waals surface area contributed by atoms with E-state index in [4.69, 9.17) is 4.74 Å². The van der Waals surface area contributed by atoms with Crippen LogP contribution in [0.3, 0.4) is 0 Å². The van der Waals surface area contributed by atoms with Gasteiger partial charge in [-0.05, 0) is 37.5 Å². The molecule has 0 radical (unpaired) electrons. The van der Waals surface area contributed by atoms with E-state index in [1.807, 2.05) is 39.0 Å². The van der Waals surface area contributed by atoms with Crippen molar-refractivity contribution in [3.63, 3.8) is 0 Å². The Bertz CT molecular complexity index is 394. The molecule has 0 spiro atoms. The fourth-order valence-electron chi connectivity index (χ4n) is 1.45. The third-order valence-electron chi connectivity index (χ3n) is 2.79. The van der Waals surface area contributed by atoms with E-state index in [0.717, 1.165) is 11.1 Å². The minimum absolute atomic E-state index is 0.222. The van der Waals surface area contributed by atoms with Crippen molar-refractivity contribution >= 4 is 5.97 Å². The molecule has 1 unspecified atom stereocenters. The van der Waals surface area contributed by atoms with Crippen LogP contribution in [0, 0.1) is 19.8 Å². The van der Waals surface area contributed by atoms with Gasteiger partial charge in [-0.25, -0.2) is 0 Å². The maximum absolute atomic E-state index is 11.7. The van der Waals surface area contributed by atoms with E-state index in [1.165, 1.54) is 0 Å². The lowest BCUT2D eigenvalue weighted by molar-refractivity contribution is -0.137. The van der Waals surface area contributed by atoms with Gasteiger partial charge in [0.05, 0.1) is 5.92 Å². The molecule has 0 bridgehead atoms. The summed E-state index contributed by atoms with van der Waals surface area (Å²) in [6.07, 6.45) is 2.35. The highest BCUT2D eigenvalue weighted by Crippen LogP contribution is 2.22. The van der Waals surface area contributed by atoms with Crippen LogP contribution < -0.4 is 4.74 Å². The van der Waals surface area contributed by atoms with Gasteiger partial charge in [0.25, 0.3) is 0 Å². The third-order valence-corrected chi connectivity index (χ3v) is 2.79. The Hall–Kier alpha value is -1.57. The minimum atomic E-state index is -0.230. The van der Waals surface area contributed by atoms with Crippen LogP contribution in [-0.4, -0.2) is 5.97 Å². The van der Waals surface area contributed by atoms with E-state index in [1.54, 1.807) is 6.08 Å². The molecule has 86 valence electrons. The largest absolute Gasteiger partial charge is 0.426 e. The topological polar surface area (TPSA) is 26.3 Å². The first-order valence-electron chi connectivity index (χ1n) is 5.50. The lowest BCUT2D eigenvalue weighted by atomic mass is 10.1. The van der Waals surface area contributed by atoms with Crippen LogP contribution in [0.15, 0.2) is 30.9 Å². The van der Waals surface area contributed by atoms with E-state index >= 15 is 0 Å². The summed E-state index contributed by atoms with van der Waals surface area (Å²) in [5.41, 5.74) is 2.13. The Morgan fingerprint density at radius 2 is 2.19 bits per heavy atom. The molecule has 1 aromatic rings. The highest BCUT2D eigenvalue weighted by atomic mass is 16.5. The summed E-state index contributed by atoms with van der Waals surface area (Å²) in [6, 6.07) is 5.70. The van der Waals surface area contributed by atoms with Gasteiger partial charge in [-0.15, -0.1) is 6.58 Å². The quantitative estimate of drug-likeness (QED) is 0.439. The van der Waals surface area contributed by atoms with Gasteiger partial charge in [0.15, 0.2) is 0 Å². The summed E-state index contributed by atoms with van der Waals surface area (Å²) in [4.78, 5) is 11.7. The average Bonchev–Trinajstić information content (AvgIpc) is 2.26. The molecule has 0 fully saturated rings. The molecule has 1 aromatic carbocycles. The van der Waals surface area contributed by atoms with Gasteiger partial charge >= 0.3 is 5.97 Å². The second kappa shape index (κ2) is 5.50. The summed E-state index contributed by atoms with van der Waals surface area (Å²) in [6.45, 7) is 9.52. The molecule has 0 saturated carbocycles. The Morgan fingerprint density at radius 3 is 2.75 bits per heavy atom. The molecule has 0 aromatic heterocycles. The monoisotopic (exact) mass is 218 g/mol. The molecule has 0 aliphatic heterocycles. The molecule has 2 heteroatoms. The number of hydrogen-bond acceptors (Lipinski definition) is 2. The average molecular weight is 218 g/mol. The van der Waals surface area contributed by atoms with Crippen molar-refractivity contribution in [2.75, 3.05) is 0 Å². The molecule has 1 atom stereocenters. The van der Waals surface area contributed by atoms with E-state index in [9.17, 15) is 4.79 Å². The van der Waals surface area contributed by atoms with Crippen molar-refractivity contribution in [3.05, 3.63) is 42.0 Å². The predicted octanol–water partition coefficient (Wildman–Crippen LogP) is 3.42. The van der Waals surface area contributed by atoms with Crippen LogP contribution in [0.1, 0.15) is 24.5 Å². The highest BCUT2D eigenvalue weighted by Gasteiger charge is 2.16. The number of carbonyl (C=O) groups is 1. The number of carbonyl (C=O) groups excluding carboxylic acids is 1. The van der Waals surface area contributed by atoms with Gasteiger partial charge < -0.3 is 4.74 Å². The van der Waals surface area contributed by atoms with Gasteiger partial charge in [-0.1, -0.05) is 25.1 Å². The van der Waals surface area contributed by atoms with Crippen molar-refractivity contribution < 1.29 is 9.53 Å². The van der Waals surface area contributed by atoms with Gasteiger partial charge in [0, 0.05) is 0 Å². The maximum atomic E-state index is 11.7. The Morgan fingerprint density at radius 1 is 1.50 bits per heavy atom. The zero-order chi connectivity index (χ0) is 12.1. The fourth-order valence-corrected chi connectivity index (χ4v) is 1.45. The standard InChI is InChI=1S/C14H18O2/c1-5-12(6-2)14(15)16-13-9-7-8-10(3)11(13)4/h5,7-9,12H,1,6H2,2-4H3. The van der Waals surface area contributed by atoms with Crippen LogP contribution in [0.2, 0.25) is 0 Å². The van der Waals surface area contributed by atoms with Crippen LogP contribution in [0.5, 0.6) is 5.75 Å². The first-order valence-corrected chi connectivity index (χ1v) is 5.50. The van der Waals surface area contributed by atoms with Crippen molar-refractivity contribution in [2.45, 2.75) is 27.2 Å². The minimum Gasteiger partial charge on any atom is -0.426 e. The third kappa shape index (κ3) is 2.72. The molecule has 0 amide bonds. The van der Waals surface area contributed by atoms with Gasteiger partial charge in [-0.2, -0.15) is 0 Å². The summed E-state index contributed by atoms with van der Waals surface area (Å²) in [5, 5.41) is 0. The fraction of sp³-hybridized carbons (Fsp3) is 0.357. The van der Waals surface area contributed by atoms with Gasteiger partial charge in [-0.3, -0.25) is 4.79 Å². The number of esters is 1. The molecule has 0 heterocycles. The molecule has 16 heavy (non-hydrogen) atoms. The first-order chi connectivity index (χ1) is 7.60. The molecule has 1 rings (SSSR count). The van der Waals surface area contributed by atoms with E-state index in [0.29, 0.717) is 12.2 Å². The van der Waals surface area contributed by atoms with E-state index in [-0.39, 0.29) is 11.9 Å². The second-order valence-electron chi connectivity index (χ2n) is 3.87. The van der Waals surface area contributed by atoms with E-state index in [2.05, 4.69) is 6.58 Å². The Balaban J connectivity index is 2.84. The van der Waals surface area contributed by atoms with E-state index < -0.39 is 0 Å². The van der Waals surface area contributed by atoms with Crippen molar-refractivity contribution in [3.8, 4) is 5.75 Å². The first kappa shape index (κ1) is 12.5. The normalized spacial score (nSPS) is 11.9. The number of aryl methyl sites for hydroxylation is 1. The van der Waals surface area contributed by atoms with Crippen molar-refractivity contribution in [1.29, 1.82) is 0 Å². The zero-order valence-electron chi connectivity index (χ0n) is 10.1. The SMILES string of the molecule is C=CC(CC)C(=O)Oc1cccc(C)c1C.